The highest BCUT2D eigenvalue weighted by atomic mass is 16.5. The Kier molecular flexibility index (Phi) is 6.96. The second kappa shape index (κ2) is 9.83. The summed E-state index contributed by atoms with van der Waals surface area (Å²) in [6.07, 6.45) is 0. The Morgan fingerprint density at radius 3 is 2.43 bits per heavy atom. The van der Waals surface area contributed by atoms with Gasteiger partial charge < -0.3 is 20.1 Å². The van der Waals surface area contributed by atoms with Crippen LogP contribution in [-0.4, -0.2) is 19.6 Å². The Hall–Kier alpha value is -3.47. The fourth-order valence-electron chi connectivity index (χ4n) is 3.21. The van der Waals surface area contributed by atoms with E-state index in [4.69, 9.17) is 9.47 Å². The highest BCUT2D eigenvalue weighted by Gasteiger charge is 2.10. The highest BCUT2D eigenvalue weighted by Crippen LogP contribution is 2.28. The zero-order chi connectivity index (χ0) is 21.5. The number of amides is 1. The summed E-state index contributed by atoms with van der Waals surface area (Å²) in [6.45, 7) is 6.72. The molecule has 0 spiro atoms. The van der Waals surface area contributed by atoms with Crippen LogP contribution in [0.3, 0.4) is 0 Å². The lowest BCUT2D eigenvalue weighted by Gasteiger charge is -2.14. The van der Waals surface area contributed by atoms with Crippen molar-refractivity contribution in [3.05, 3.63) is 82.9 Å². The van der Waals surface area contributed by atoms with E-state index in [-0.39, 0.29) is 12.5 Å². The van der Waals surface area contributed by atoms with Crippen molar-refractivity contribution in [3.8, 4) is 11.5 Å². The van der Waals surface area contributed by atoms with Gasteiger partial charge in [0.05, 0.1) is 7.11 Å². The van der Waals surface area contributed by atoms with Gasteiger partial charge in [0.1, 0.15) is 0 Å². The Morgan fingerprint density at radius 1 is 0.900 bits per heavy atom. The molecule has 3 aromatic rings. The van der Waals surface area contributed by atoms with Gasteiger partial charge in [0.25, 0.3) is 5.91 Å². The van der Waals surface area contributed by atoms with E-state index in [0.29, 0.717) is 18.0 Å². The van der Waals surface area contributed by atoms with Crippen molar-refractivity contribution >= 4 is 17.3 Å². The molecule has 5 heteroatoms. The SMILES string of the molecule is COc1cc(CNc2ccc(C)cc2C)ccc1OCC(=O)Nc1cccc(C)c1. The van der Waals surface area contributed by atoms with E-state index >= 15 is 0 Å². The zero-order valence-corrected chi connectivity index (χ0v) is 17.9. The molecule has 0 saturated heterocycles. The predicted molar refractivity (Wildman–Crippen MR) is 122 cm³/mol. The van der Waals surface area contributed by atoms with Crippen LogP contribution in [-0.2, 0) is 11.3 Å². The van der Waals surface area contributed by atoms with Crippen LogP contribution in [0.25, 0.3) is 0 Å². The number of hydrogen-bond acceptors (Lipinski definition) is 4. The minimum Gasteiger partial charge on any atom is -0.493 e. The number of ether oxygens (including phenoxy) is 2. The van der Waals surface area contributed by atoms with Crippen LogP contribution in [0.5, 0.6) is 11.5 Å². The lowest BCUT2D eigenvalue weighted by molar-refractivity contribution is -0.118. The van der Waals surface area contributed by atoms with Crippen LogP contribution in [0.15, 0.2) is 60.7 Å². The molecule has 0 aliphatic carbocycles. The van der Waals surface area contributed by atoms with Gasteiger partial charge in [-0.2, -0.15) is 0 Å². The first-order valence-electron chi connectivity index (χ1n) is 9.92. The van der Waals surface area contributed by atoms with Gasteiger partial charge in [-0.25, -0.2) is 0 Å². The topological polar surface area (TPSA) is 59.6 Å². The molecule has 1 amide bonds. The summed E-state index contributed by atoms with van der Waals surface area (Å²) in [6, 6.07) is 19.7. The molecule has 0 bridgehead atoms. The molecule has 2 N–H and O–H groups in total. The molecule has 0 aromatic heterocycles. The highest BCUT2D eigenvalue weighted by molar-refractivity contribution is 5.92. The van der Waals surface area contributed by atoms with Gasteiger partial charge in [-0.1, -0.05) is 35.9 Å². The number of aryl methyl sites for hydroxylation is 3. The summed E-state index contributed by atoms with van der Waals surface area (Å²) in [5.41, 5.74) is 6.45. The third-order valence-electron chi connectivity index (χ3n) is 4.75. The summed E-state index contributed by atoms with van der Waals surface area (Å²) in [7, 11) is 1.59. The third-order valence-corrected chi connectivity index (χ3v) is 4.75. The van der Waals surface area contributed by atoms with Gasteiger partial charge in [0.2, 0.25) is 0 Å². The van der Waals surface area contributed by atoms with E-state index in [9.17, 15) is 4.79 Å². The van der Waals surface area contributed by atoms with Crippen molar-refractivity contribution in [2.75, 3.05) is 24.4 Å². The number of carbonyl (C=O) groups excluding carboxylic acids is 1. The Labute approximate surface area is 178 Å². The Morgan fingerprint density at radius 2 is 1.70 bits per heavy atom. The third kappa shape index (κ3) is 5.77. The van der Waals surface area contributed by atoms with Crippen molar-refractivity contribution in [3.63, 3.8) is 0 Å². The van der Waals surface area contributed by atoms with E-state index < -0.39 is 0 Å². The first-order chi connectivity index (χ1) is 14.4. The lowest BCUT2D eigenvalue weighted by Crippen LogP contribution is -2.20. The number of methoxy groups -OCH3 is 1. The standard InChI is InChI=1S/C25H28N2O3/c1-17-6-5-7-21(13-17)27-25(28)16-30-23-11-9-20(14-24(23)29-4)15-26-22-10-8-18(2)12-19(22)3/h5-14,26H,15-16H2,1-4H3,(H,27,28). The Balaban J connectivity index is 1.59. The van der Waals surface area contributed by atoms with Crippen molar-refractivity contribution in [1.29, 1.82) is 0 Å². The molecule has 5 nitrogen and oxygen atoms in total. The van der Waals surface area contributed by atoms with Crippen molar-refractivity contribution in [2.45, 2.75) is 27.3 Å². The second-order valence-corrected chi connectivity index (χ2v) is 7.36. The minimum absolute atomic E-state index is 0.0928. The van der Waals surface area contributed by atoms with Crippen LogP contribution in [0.1, 0.15) is 22.3 Å². The summed E-state index contributed by atoms with van der Waals surface area (Å²) in [5, 5.41) is 6.28. The number of nitrogens with one attached hydrogen (secondary N) is 2. The number of anilines is 2. The van der Waals surface area contributed by atoms with E-state index in [1.807, 2.05) is 49.4 Å². The molecule has 3 rings (SSSR count). The zero-order valence-electron chi connectivity index (χ0n) is 17.9. The molecule has 30 heavy (non-hydrogen) atoms. The number of rotatable bonds is 8. The smallest absolute Gasteiger partial charge is 0.262 e. The summed E-state index contributed by atoms with van der Waals surface area (Å²) < 4.78 is 11.1. The largest absolute Gasteiger partial charge is 0.493 e. The molecule has 0 fully saturated rings. The number of hydrogen-bond donors (Lipinski definition) is 2. The quantitative estimate of drug-likeness (QED) is 0.538. The van der Waals surface area contributed by atoms with E-state index in [1.165, 1.54) is 11.1 Å². The minimum atomic E-state index is -0.219. The summed E-state index contributed by atoms with van der Waals surface area (Å²) in [4.78, 5) is 12.2. The van der Waals surface area contributed by atoms with Crippen molar-refractivity contribution in [1.82, 2.24) is 0 Å². The van der Waals surface area contributed by atoms with Gasteiger partial charge in [0, 0.05) is 17.9 Å². The van der Waals surface area contributed by atoms with Gasteiger partial charge in [-0.3, -0.25) is 4.79 Å². The molecule has 0 heterocycles. The van der Waals surface area contributed by atoms with E-state index in [1.54, 1.807) is 7.11 Å². The fraction of sp³-hybridized carbons (Fsp3) is 0.240. The first-order valence-corrected chi connectivity index (χ1v) is 9.92. The average Bonchev–Trinajstić information content (AvgIpc) is 2.72. The van der Waals surface area contributed by atoms with Crippen molar-refractivity contribution < 1.29 is 14.3 Å². The number of carbonyl (C=O) groups is 1. The van der Waals surface area contributed by atoms with Crippen LogP contribution < -0.4 is 20.1 Å². The monoisotopic (exact) mass is 404 g/mol. The maximum absolute atomic E-state index is 12.2. The Bertz CT molecular complexity index is 1030. The molecule has 3 aromatic carbocycles. The van der Waals surface area contributed by atoms with Gasteiger partial charge >= 0.3 is 0 Å². The molecule has 0 aliphatic heterocycles. The fourth-order valence-corrected chi connectivity index (χ4v) is 3.21. The van der Waals surface area contributed by atoms with Gasteiger partial charge in [0.15, 0.2) is 18.1 Å². The normalized spacial score (nSPS) is 10.4. The number of benzene rings is 3. The molecule has 0 atom stereocenters. The van der Waals surface area contributed by atoms with E-state index in [2.05, 4.69) is 42.7 Å². The van der Waals surface area contributed by atoms with Crippen LogP contribution >= 0.6 is 0 Å². The molecule has 0 aliphatic rings. The van der Waals surface area contributed by atoms with Crippen LogP contribution in [0, 0.1) is 20.8 Å². The van der Waals surface area contributed by atoms with Crippen molar-refractivity contribution in [2.24, 2.45) is 0 Å². The van der Waals surface area contributed by atoms with Gasteiger partial charge in [-0.05, 0) is 67.8 Å². The predicted octanol–water partition coefficient (Wildman–Crippen LogP) is 5.25. The maximum atomic E-state index is 12.2. The summed E-state index contributed by atoms with van der Waals surface area (Å²) >= 11 is 0. The average molecular weight is 405 g/mol. The molecule has 156 valence electrons. The molecule has 0 radical (unpaired) electrons. The van der Waals surface area contributed by atoms with Crippen LogP contribution in [0.2, 0.25) is 0 Å². The van der Waals surface area contributed by atoms with E-state index in [0.717, 1.165) is 22.5 Å². The molecule has 0 unspecified atom stereocenters. The van der Waals surface area contributed by atoms with Gasteiger partial charge in [-0.15, -0.1) is 0 Å². The molecular weight excluding hydrogens is 376 g/mol. The van der Waals surface area contributed by atoms with Crippen LogP contribution in [0.4, 0.5) is 11.4 Å². The maximum Gasteiger partial charge on any atom is 0.262 e. The first kappa shape index (κ1) is 21.2. The second-order valence-electron chi connectivity index (χ2n) is 7.36. The molecular formula is C25H28N2O3. The molecule has 0 saturated carbocycles. The summed E-state index contributed by atoms with van der Waals surface area (Å²) in [5.74, 6) is 0.911. The lowest BCUT2D eigenvalue weighted by atomic mass is 10.1.